The van der Waals surface area contributed by atoms with Gasteiger partial charge in [-0.3, -0.25) is 9.59 Å². The SMILES string of the molecule is Cc1ccc(C(O)C(=O)N2CCN(C=O)CC2)cc1. The van der Waals surface area contributed by atoms with E-state index in [0.717, 1.165) is 12.0 Å². The van der Waals surface area contributed by atoms with E-state index in [2.05, 4.69) is 0 Å². The molecule has 0 spiro atoms. The molecule has 102 valence electrons. The van der Waals surface area contributed by atoms with E-state index in [1.54, 1.807) is 21.9 Å². The summed E-state index contributed by atoms with van der Waals surface area (Å²) in [6.45, 7) is 3.95. The van der Waals surface area contributed by atoms with Gasteiger partial charge in [0, 0.05) is 26.2 Å². The first-order valence-corrected chi connectivity index (χ1v) is 6.34. The lowest BCUT2D eigenvalue weighted by Gasteiger charge is -2.33. The van der Waals surface area contributed by atoms with Gasteiger partial charge in [-0.15, -0.1) is 0 Å². The van der Waals surface area contributed by atoms with Gasteiger partial charge in [0.15, 0.2) is 6.10 Å². The second-order valence-corrected chi connectivity index (χ2v) is 4.78. The van der Waals surface area contributed by atoms with Crippen LogP contribution in [0, 0.1) is 6.92 Å². The van der Waals surface area contributed by atoms with Gasteiger partial charge >= 0.3 is 0 Å². The molecule has 2 rings (SSSR count). The molecule has 0 bridgehead atoms. The van der Waals surface area contributed by atoms with Crippen molar-refractivity contribution in [2.24, 2.45) is 0 Å². The molecule has 0 radical (unpaired) electrons. The maximum absolute atomic E-state index is 12.1. The second-order valence-electron chi connectivity index (χ2n) is 4.78. The van der Waals surface area contributed by atoms with E-state index in [-0.39, 0.29) is 5.91 Å². The van der Waals surface area contributed by atoms with Crippen molar-refractivity contribution < 1.29 is 14.7 Å². The highest BCUT2D eigenvalue weighted by Crippen LogP contribution is 2.17. The Kier molecular flexibility index (Phi) is 4.16. The molecule has 1 fully saturated rings. The Morgan fingerprint density at radius 3 is 2.32 bits per heavy atom. The summed E-state index contributed by atoms with van der Waals surface area (Å²) < 4.78 is 0. The number of hydrogen-bond donors (Lipinski definition) is 1. The molecule has 1 aromatic rings. The third kappa shape index (κ3) is 3.12. The number of nitrogens with zero attached hydrogens (tertiary/aromatic N) is 2. The van der Waals surface area contributed by atoms with Crippen LogP contribution in [-0.4, -0.2) is 53.4 Å². The molecule has 1 N–H and O–H groups in total. The second kappa shape index (κ2) is 5.84. The Balaban J connectivity index is 1.99. The van der Waals surface area contributed by atoms with Crippen LogP contribution < -0.4 is 0 Å². The lowest BCUT2D eigenvalue weighted by Crippen LogP contribution is -2.49. The molecule has 2 amide bonds. The molecule has 5 heteroatoms. The van der Waals surface area contributed by atoms with Gasteiger partial charge < -0.3 is 14.9 Å². The van der Waals surface area contributed by atoms with Crippen LogP contribution in [0.4, 0.5) is 0 Å². The van der Waals surface area contributed by atoms with E-state index < -0.39 is 6.10 Å². The zero-order valence-electron chi connectivity index (χ0n) is 11.0. The quantitative estimate of drug-likeness (QED) is 0.799. The van der Waals surface area contributed by atoms with Crippen LogP contribution in [-0.2, 0) is 9.59 Å². The molecule has 0 aliphatic carbocycles. The van der Waals surface area contributed by atoms with Crippen LogP contribution in [0.25, 0.3) is 0 Å². The summed E-state index contributed by atoms with van der Waals surface area (Å²) in [5.41, 5.74) is 1.69. The molecular weight excluding hydrogens is 244 g/mol. The van der Waals surface area contributed by atoms with Gasteiger partial charge in [0.05, 0.1) is 0 Å². The summed E-state index contributed by atoms with van der Waals surface area (Å²) in [4.78, 5) is 26.0. The topological polar surface area (TPSA) is 60.9 Å². The van der Waals surface area contributed by atoms with Gasteiger partial charge in [-0.05, 0) is 12.5 Å². The first-order valence-electron chi connectivity index (χ1n) is 6.34. The number of carbonyl (C=O) groups excluding carboxylic acids is 2. The maximum Gasteiger partial charge on any atom is 0.256 e. The molecule has 5 nitrogen and oxygen atoms in total. The average molecular weight is 262 g/mol. The van der Waals surface area contributed by atoms with Crippen molar-refractivity contribution in [3.05, 3.63) is 35.4 Å². The average Bonchev–Trinajstić information content (AvgIpc) is 2.46. The number of hydrogen-bond acceptors (Lipinski definition) is 3. The summed E-state index contributed by atoms with van der Waals surface area (Å²) in [6.07, 6.45) is -0.332. The van der Waals surface area contributed by atoms with Gasteiger partial charge in [0.1, 0.15) is 0 Å². The first-order chi connectivity index (χ1) is 9.11. The predicted molar refractivity (Wildman–Crippen MR) is 70.4 cm³/mol. The van der Waals surface area contributed by atoms with Crippen molar-refractivity contribution in [1.82, 2.24) is 9.80 Å². The lowest BCUT2D eigenvalue weighted by atomic mass is 10.1. The molecule has 1 atom stereocenters. The minimum absolute atomic E-state index is 0.297. The van der Waals surface area contributed by atoms with Crippen LogP contribution in [0.1, 0.15) is 17.2 Å². The van der Waals surface area contributed by atoms with Crippen LogP contribution >= 0.6 is 0 Å². The van der Waals surface area contributed by atoms with Crippen LogP contribution in [0.15, 0.2) is 24.3 Å². The van der Waals surface area contributed by atoms with Crippen molar-refractivity contribution in [2.75, 3.05) is 26.2 Å². The van der Waals surface area contributed by atoms with E-state index in [9.17, 15) is 14.7 Å². The molecular formula is C14H18N2O3. The Hall–Kier alpha value is -1.88. The molecule has 19 heavy (non-hydrogen) atoms. The number of rotatable bonds is 3. The van der Waals surface area contributed by atoms with Crippen LogP contribution in [0.5, 0.6) is 0 Å². The monoisotopic (exact) mass is 262 g/mol. The molecule has 1 unspecified atom stereocenters. The molecule has 0 saturated carbocycles. The predicted octanol–water partition coefficient (Wildman–Crippen LogP) is 0.329. The summed E-state index contributed by atoms with van der Waals surface area (Å²) in [6, 6.07) is 7.27. The number of benzene rings is 1. The molecule has 0 aromatic heterocycles. The number of carbonyl (C=O) groups is 2. The van der Waals surface area contributed by atoms with Crippen molar-refractivity contribution in [2.45, 2.75) is 13.0 Å². The smallest absolute Gasteiger partial charge is 0.256 e. The Bertz CT molecular complexity index is 450. The van der Waals surface area contributed by atoms with Gasteiger partial charge in [-0.1, -0.05) is 29.8 Å². The van der Waals surface area contributed by atoms with Crippen molar-refractivity contribution in [3.8, 4) is 0 Å². The summed E-state index contributed by atoms with van der Waals surface area (Å²) in [5.74, 6) is -0.297. The first kappa shape index (κ1) is 13.5. The summed E-state index contributed by atoms with van der Waals surface area (Å²) >= 11 is 0. The fourth-order valence-electron chi connectivity index (χ4n) is 2.11. The number of piperazine rings is 1. The Morgan fingerprint density at radius 1 is 1.21 bits per heavy atom. The minimum Gasteiger partial charge on any atom is -0.378 e. The third-order valence-electron chi connectivity index (χ3n) is 3.40. The van der Waals surface area contributed by atoms with E-state index >= 15 is 0 Å². The van der Waals surface area contributed by atoms with E-state index in [1.165, 1.54) is 0 Å². The standard InChI is InChI=1S/C14H18N2O3/c1-11-2-4-12(5-3-11)13(18)14(19)16-8-6-15(10-17)7-9-16/h2-5,10,13,18H,6-9H2,1H3. The molecule has 1 heterocycles. The lowest BCUT2D eigenvalue weighted by molar-refractivity contribution is -0.143. The van der Waals surface area contributed by atoms with Gasteiger partial charge in [-0.25, -0.2) is 0 Å². The van der Waals surface area contributed by atoms with Crippen molar-refractivity contribution in [1.29, 1.82) is 0 Å². The minimum atomic E-state index is -1.12. The highest BCUT2D eigenvalue weighted by Gasteiger charge is 2.26. The zero-order valence-corrected chi connectivity index (χ0v) is 11.0. The van der Waals surface area contributed by atoms with Gasteiger partial charge in [-0.2, -0.15) is 0 Å². The highest BCUT2D eigenvalue weighted by molar-refractivity contribution is 5.82. The largest absolute Gasteiger partial charge is 0.378 e. The van der Waals surface area contributed by atoms with E-state index in [0.29, 0.717) is 31.7 Å². The van der Waals surface area contributed by atoms with E-state index in [4.69, 9.17) is 0 Å². The summed E-state index contributed by atoms with van der Waals surface area (Å²) in [5, 5.41) is 10.1. The van der Waals surface area contributed by atoms with Crippen molar-refractivity contribution >= 4 is 12.3 Å². The van der Waals surface area contributed by atoms with Gasteiger partial charge in [0.25, 0.3) is 5.91 Å². The van der Waals surface area contributed by atoms with Crippen LogP contribution in [0.2, 0.25) is 0 Å². The van der Waals surface area contributed by atoms with E-state index in [1.807, 2.05) is 19.1 Å². The number of amides is 2. The van der Waals surface area contributed by atoms with Gasteiger partial charge in [0.2, 0.25) is 6.41 Å². The zero-order chi connectivity index (χ0) is 13.8. The Morgan fingerprint density at radius 2 is 1.79 bits per heavy atom. The fraction of sp³-hybridized carbons (Fsp3) is 0.429. The van der Waals surface area contributed by atoms with Crippen LogP contribution in [0.3, 0.4) is 0 Å². The number of aliphatic hydroxyl groups is 1. The maximum atomic E-state index is 12.1. The normalized spacial score (nSPS) is 17.2. The molecule has 1 aliphatic heterocycles. The molecule has 1 saturated heterocycles. The summed E-state index contributed by atoms with van der Waals surface area (Å²) in [7, 11) is 0. The fourth-order valence-corrected chi connectivity index (χ4v) is 2.11. The number of aryl methyl sites for hydroxylation is 1. The van der Waals surface area contributed by atoms with Crippen molar-refractivity contribution in [3.63, 3.8) is 0 Å². The third-order valence-corrected chi connectivity index (χ3v) is 3.40. The molecule has 1 aromatic carbocycles. The number of aliphatic hydroxyl groups excluding tert-OH is 1. The molecule has 1 aliphatic rings. The Labute approximate surface area is 112 Å². The highest BCUT2D eigenvalue weighted by atomic mass is 16.3.